The molecule has 2 aromatic carbocycles. The molecule has 33 heavy (non-hydrogen) atoms. The summed E-state index contributed by atoms with van der Waals surface area (Å²) in [6.07, 6.45) is 2.75. The van der Waals surface area contributed by atoms with Crippen molar-refractivity contribution in [3.05, 3.63) is 101 Å². The highest BCUT2D eigenvalue weighted by Crippen LogP contribution is 2.48. The number of hydrogen-bond acceptors (Lipinski definition) is 6. The van der Waals surface area contributed by atoms with E-state index in [0.29, 0.717) is 42.2 Å². The van der Waals surface area contributed by atoms with Crippen molar-refractivity contribution in [3.63, 3.8) is 0 Å². The van der Waals surface area contributed by atoms with E-state index in [1.807, 2.05) is 66.6 Å². The van der Waals surface area contributed by atoms with E-state index < -0.39 is 5.92 Å². The number of rotatable bonds is 6. The molecular weight excluding hydrogens is 412 g/mol. The molecule has 6 nitrogen and oxygen atoms in total. The smallest absolute Gasteiger partial charge is 0.162 e. The Morgan fingerprint density at radius 3 is 2.45 bits per heavy atom. The third-order valence-corrected chi connectivity index (χ3v) is 6.19. The van der Waals surface area contributed by atoms with Crippen molar-refractivity contribution in [1.29, 1.82) is 5.26 Å². The van der Waals surface area contributed by atoms with Gasteiger partial charge in [-0.3, -0.25) is 9.80 Å². The van der Waals surface area contributed by atoms with Crippen LogP contribution >= 0.6 is 0 Å². The molecule has 2 N–H and O–H groups in total. The van der Waals surface area contributed by atoms with E-state index in [-0.39, 0.29) is 11.7 Å². The number of allylic oxidation sites excluding steroid dienone is 3. The van der Waals surface area contributed by atoms with Gasteiger partial charge in [0.15, 0.2) is 5.78 Å². The molecule has 4 rings (SSSR count). The fraction of sp³-hybridized carbons (Fsp3) is 0.259. The van der Waals surface area contributed by atoms with Crippen LogP contribution in [0.1, 0.15) is 35.8 Å². The molecule has 0 spiro atoms. The normalized spacial score (nSPS) is 20.5. The molecule has 1 aliphatic carbocycles. The maximum atomic E-state index is 13.6. The molecule has 2 aliphatic rings. The lowest BCUT2D eigenvalue weighted by Gasteiger charge is -2.43. The molecule has 0 amide bonds. The fourth-order valence-corrected chi connectivity index (χ4v) is 4.77. The third-order valence-electron chi connectivity index (χ3n) is 6.19. The molecule has 1 heterocycles. The Bertz CT molecular complexity index is 1160. The molecule has 6 heteroatoms. The fourth-order valence-electron chi connectivity index (χ4n) is 4.77. The minimum atomic E-state index is -0.501. The highest BCUT2D eigenvalue weighted by molar-refractivity contribution is 6.00. The molecule has 0 fully saturated rings. The zero-order chi connectivity index (χ0) is 23.5. The van der Waals surface area contributed by atoms with Gasteiger partial charge in [-0.15, -0.1) is 0 Å². The first-order chi connectivity index (χ1) is 16.0. The molecule has 168 valence electrons. The predicted octanol–water partition coefficient (Wildman–Crippen LogP) is 4.22. The van der Waals surface area contributed by atoms with E-state index in [2.05, 4.69) is 24.8 Å². The summed E-state index contributed by atoms with van der Waals surface area (Å²) in [6, 6.07) is 19.9. The van der Waals surface area contributed by atoms with Gasteiger partial charge in [-0.2, -0.15) is 5.26 Å². The number of nitrogens with two attached hydrogens (primary N) is 1. The molecule has 0 radical (unpaired) electrons. The molecule has 1 aliphatic heterocycles. The number of carbonyl (C=O) groups excluding carboxylic acids is 1. The SMILES string of the molecule is C=CCOc1ccc(C2C(C#N)=C(N)N(N(C)C)C3=C2C(=O)CC(c2ccccc2)C3)cc1. The first-order valence-electron chi connectivity index (χ1n) is 11.0. The highest BCUT2D eigenvalue weighted by atomic mass is 16.5. The first-order valence-corrected chi connectivity index (χ1v) is 11.0. The summed E-state index contributed by atoms with van der Waals surface area (Å²) < 4.78 is 5.60. The molecule has 0 saturated carbocycles. The average Bonchev–Trinajstić information content (AvgIpc) is 2.82. The van der Waals surface area contributed by atoms with Crippen LogP contribution in [0.3, 0.4) is 0 Å². The Morgan fingerprint density at radius 2 is 1.85 bits per heavy atom. The number of Topliss-reactive ketones (excluding diaryl/α,β-unsaturated/α-hetero) is 1. The summed E-state index contributed by atoms with van der Waals surface area (Å²) >= 11 is 0. The third kappa shape index (κ3) is 4.15. The molecule has 0 bridgehead atoms. The van der Waals surface area contributed by atoms with Crippen molar-refractivity contribution in [1.82, 2.24) is 10.0 Å². The zero-order valence-corrected chi connectivity index (χ0v) is 19.0. The van der Waals surface area contributed by atoms with Crippen LogP contribution in [0.4, 0.5) is 0 Å². The largest absolute Gasteiger partial charge is 0.490 e. The Morgan fingerprint density at radius 1 is 1.15 bits per heavy atom. The number of nitrogens with zero attached hydrogens (tertiary/aromatic N) is 3. The number of ether oxygens (including phenoxy) is 1. The summed E-state index contributed by atoms with van der Waals surface area (Å²) in [4.78, 5) is 13.6. The van der Waals surface area contributed by atoms with Crippen LogP contribution in [-0.4, -0.2) is 36.5 Å². The number of carbonyl (C=O) groups is 1. The van der Waals surface area contributed by atoms with Crippen LogP contribution in [-0.2, 0) is 4.79 Å². The monoisotopic (exact) mass is 440 g/mol. The highest BCUT2D eigenvalue weighted by Gasteiger charge is 2.43. The summed E-state index contributed by atoms with van der Waals surface area (Å²) in [6.45, 7) is 4.07. The zero-order valence-electron chi connectivity index (χ0n) is 19.0. The second kappa shape index (κ2) is 9.35. The summed E-state index contributed by atoms with van der Waals surface area (Å²) in [7, 11) is 3.74. The number of hydrogen-bond donors (Lipinski definition) is 1. The van der Waals surface area contributed by atoms with E-state index in [4.69, 9.17) is 10.5 Å². The lowest BCUT2D eigenvalue weighted by atomic mass is 9.72. The summed E-state index contributed by atoms with van der Waals surface area (Å²) in [5.41, 5.74) is 10.4. The minimum absolute atomic E-state index is 0.0502. The number of hydrazine groups is 1. The van der Waals surface area contributed by atoms with Gasteiger partial charge in [0, 0.05) is 31.8 Å². The van der Waals surface area contributed by atoms with Crippen LogP contribution in [0.5, 0.6) is 5.75 Å². The van der Waals surface area contributed by atoms with Crippen molar-refractivity contribution in [2.45, 2.75) is 24.7 Å². The molecular formula is C27H28N4O2. The van der Waals surface area contributed by atoms with Gasteiger partial charge in [0.1, 0.15) is 18.2 Å². The maximum Gasteiger partial charge on any atom is 0.162 e. The molecule has 2 atom stereocenters. The van der Waals surface area contributed by atoms with Crippen LogP contribution in [0, 0.1) is 11.3 Å². The van der Waals surface area contributed by atoms with Crippen LogP contribution in [0.15, 0.2) is 89.9 Å². The lowest BCUT2D eigenvalue weighted by molar-refractivity contribution is -0.117. The van der Waals surface area contributed by atoms with Gasteiger partial charge in [0.2, 0.25) is 0 Å². The van der Waals surface area contributed by atoms with Gasteiger partial charge >= 0.3 is 0 Å². The predicted molar refractivity (Wildman–Crippen MR) is 128 cm³/mol. The summed E-state index contributed by atoms with van der Waals surface area (Å²) in [5.74, 6) is 0.674. The molecule has 0 saturated heterocycles. The standard InChI is InChI=1S/C27H28N4O2/c1-4-14-33-21-12-10-19(11-13-21)25-22(17-28)27(29)31(30(2)3)23-15-20(16-24(32)26(23)25)18-8-6-5-7-9-18/h4-13,20,25H,1,14-16,29H2,2-3H3. The van der Waals surface area contributed by atoms with E-state index in [1.54, 1.807) is 6.08 Å². The van der Waals surface area contributed by atoms with Crippen molar-refractivity contribution < 1.29 is 9.53 Å². The minimum Gasteiger partial charge on any atom is -0.490 e. The first kappa shape index (κ1) is 22.4. The molecule has 2 aromatic rings. The molecule has 0 aromatic heterocycles. The van der Waals surface area contributed by atoms with Crippen molar-refractivity contribution in [3.8, 4) is 11.8 Å². The lowest BCUT2D eigenvalue weighted by Crippen LogP contribution is -2.46. The average molecular weight is 441 g/mol. The van der Waals surface area contributed by atoms with Gasteiger partial charge in [0.25, 0.3) is 0 Å². The second-order valence-electron chi connectivity index (χ2n) is 8.47. The van der Waals surface area contributed by atoms with Crippen molar-refractivity contribution in [2.75, 3.05) is 20.7 Å². The van der Waals surface area contributed by atoms with Crippen LogP contribution in [0.25, 0.3) is 0 Å². The second-order valence-corrected chi connectivity index (χ2v) is 8.47. The van der Waals surface area contributed by atoms with Gasteiger partial charge in [0.05, 0.1) is 17.6 Å². The molecule has 2 unspecified atom stereocenters. The van der Waals surface area contributed by atoms with Crippen LogP contribution < -0.4 is 10.5 Å². The Kier molecular flexibility index (Phi) is 6.34. The number of ketones is 1. The van der Waals surface area contributed by atoms with E-state index in [0.717, 1.165) is 16.8 Å². The van der Waals surface area contributed by atoms with Crippen LogP contribution in [0.2, 0.25) is 0 Å². The van der Waals surface area contributed by atoms with Gasteiger partial charge < -0.3 is 10.5 Å². The topological polar surface area (TPSA) is 82.6 Å². The van der Waals surface area contributed by atoms with Gasteiger partial charge in [-0.05, 0) is 35.6 Å². The maximum absolute atomic E-state index is 13.6. The van der Waals surface area contributed by atoms with E-state index in [1.165, 1.54) is 0 Å². The van der Waals surface area contributed by atoms with Crippen molar-refractivity contribution >= 4 is 5.78 Å². The van der Waals surface area contributed by atoms with Gasteiger partial charge in [-0.25, -0.2) is 5.01 Å². The van der Waals surface area contributed by atoms with E-state index in [9.17, 15) is 10.1 Å². The quantitative estimate of drug-likeness (QED) is 0.677. The van der Waals surface area contributed by atoms with E-state index >= 15 is 0 Å². The Balaban J connectivity index is 1.82. The van der Waals surface area contributed by atoms with Crippen molar-refractivity contribution in [2.24, 2.45) is 5.73 Å². The number of nitriles is 1. The Labute approximate surface area is 194 Å². The Hall–Kier alpha value is -3.82. The van der Waals surface area contributed by atoms with Gasteiger partial charge in [-0.1, -0.05) is 55.1 Å². The summed E-state index contributed by atoms with van der Waals surface area (Å²) in [5, 5.41) is 13.7. The number of benzene rings is 2.